The number of carbonyl (C=O) groups excluding carboxylic acids is 1. The summed E-state index contributed by atoms with van der Waals surface area (Å²) in [5, 5.41) is 7.99. The maximum atomic E-state index is 13.0. The molecule has 0 spiro atoms. The van der Waals surface area contributed by atoms with E-state index in [0.29, 0.717) is 18.3 Å². The van der Waals surface area contributed by atoms with Gasteiger partial charge >= 0.3 is 0 Å². The van der Waals surface area contributed by atoms with Gasteiger partial charge in [-0.05, 0) is 35.7 Å². The van der Waals surface area contributed by atoms with Gasteiger partial charge in [0, 0.05) is 6.04 Å². The van der Waals surface area contributed by atoms with Crippen LogP contribution in [0.25, 0.3) is 10.7 Å². The quantitative estimate of drug-likeness (QED) is 0.642. The fraction of sp³-hybridized carbons (Fsp3) is 0.389. The zero-order valence-electron chi connectivity index (χ0n) is 13.8. The molecule has 3 heterocycles. The molecule has 0 bridgehead atoms. The maximum Gasteiger partial charge on any atom is 0.264 e. The minimum Gasteiger partial charge on any atom is -0.337 e. The molecule has 0 saturated heterocycles. The van der Waals surface area contributed by atoms with Gasteiger partial charge in [-0.1, -0.05) is 36.6 Å². The topological polar surface area (TPSA) is 59.2 Å². The summed E-state index contributed by atoms with van der Waals surface area (Å²) in [5.41, 5.74) is 0. The molecule has 0 radical (unpaired) electrons. The van der Waals surface area contributed by atoms with Crippen LogP contribution in [-0.4, -0.2) is 27.0 Å². The number of rotatable bonds is 5. The zero-order chi connectivity index (χ0) is 17.1. The van der Waals surface area contributed by atoms with Crippen LogP contribution in [0.5, 0.6) is 0 Å². The van der Waals surface area contributed by atoms with Crippen molar-refractivity contribution in [3.8, 4) is 10.7 Å². The maximum absolute atomic E-state index is 13.0. The fourth-order valence-corrected chi connectivity index (χ4v) is 4.60. The van der Waals surface area contributed by atoms with Crippen LogP contribution in [0.2, 0.25) is 0 Å². The third-order valence-corrected chi connectivity index (χ3v) is 6.25. The molecule has 3 aromatic rings. The SMILES string of the molecule is O=C(c1cccs1)N(Cc1nc(-c2cccs2)no1)C1CCCCC1. The fourth-order valence-electron chi connectivity index (χ4n) is 3.27. The Morgan fingerprint density at radius 1 is 1.16 bits per heavy atom. The predicted molar refractivity (Wildman–Crippen MR) is 98.7 cm³/mol. The van der Waals surface area contributed by atoms with Crippen LogP contribution in [-0.2, 0) is 6.54 Å². The summed E-state index contributed by atoms with van der Waals surface area (Å²) in [4.78, 5) is 21.2. The zero-order valence-corrected chi connectivity index (χ0v) is 15.4. The van der Waals surface area contributed by atoms with Gasteiger partial charge in [-0.15, -0.1) is 22.7 Å². The van der Waals surface area contributed by atoms with E-state index < -0.39 is 0 Å². The second-order valence-corrected chi connectivity index (χ2v) is 8.09. The lowest BCUT2D eigenvalue weighted by Crippen LogP contribution is -2.40. The van der Waals surface area contributed by atoms with Crippen LogP contribution < -0.4 is 0 Å². The molecule has 0 unspecified atom stereocenters. The monoisotopic (exact) mass is 373 g/mol. The largest absolute Gasteiger partial charge is 0.337 e. The van der Waals surface area contributed by atoms with Crippen LogP contribution in [0.1, 0.15) is 47.7 Å². The summed E-state index contributed by atoms with van der Waals surface area (Å²) in [6.45, 7) is 0.375. The van der Waals surface area contributed by atoms with Crippen molar-refractivity contribution in [2.75, 3.05) is 0 Å². The highest BCUT2D eigenvalue weighted by molar-refractivity contribution is 7.13. The molecule has 5 nitrogen and oxygen atoms in total. The van der Waals surface area contributed by atoms with Gasteiger partial charge in [0.05, 0.1) is 9.75 Å². The highest BCUT2D eigenvalue weighted by atomic mass is 32.1. The lowest BCUT2D eigenvalue weighted by atomic mass is 9.94. The van der Waals surface area contributed by atoms with E-state index >= 15 is 0 Å². The Morgan fingerprint density at radius 3 is 2.68 bits per heavy atom. The third kappa shape index (κ3) is 3.67. The lowest BCUT2D eigenvalue weighted by Gasteiger charge is -2.33. The first-order valence-corrected chi connectivity index (χ1v) is 10.3. The molecule has 0 aliphatic heterocycles. The Morgan fingerprint density at radius 2 is 1.96 bits per heavy atom. The molecule has 1 saturated carbocycles. The Bertz CT molecular complexity index is 805. The van der Waals surface area contributed by atoms with Crippen molar-refractivity contribution in [2.24, 2.45) is 0 Å². The average molecular weight is 374 g/mol. The van der Waals surface area contributed by atoms with E-state index in [1.165, 1.54) is 30.6 Å². The van der Waals surface area contributed by atoms with Gasteiger partial charge < -0.3 is 9.42 Å². The lowest BCUT2D eigenvalue weighted by molar-refractivity contribution is 0.0591. The van der Waals surface area contributed by atoms with Gasteiger partial charge in [-0.3, -0.25) is 4.79 Å². The Kier molecular flexibility index (Phi) is 4.94. The van der Waals surface area contributed by atoms with Crippen molar-refractivity contribution in [3.63, 3.8) is 0 Å². The van der Waals surface area contributed by atoms with E-state index in [0.717, 1.165) is 22.6 Å². The van der Waals surface area contributed by atoms with Crippen molar-refractivity contribution in [2.45, 2.75) is 44.7 Å². The van der Waals surface area contributed by atoms with Crippen molar-refractivity contribution in [1.29, 1.82) is 0 Å². The van der Waals surface area contributed by atoms with Gasteiger partial charge in [-0.25, -0.2) is 0 Å². The van der Waals surface area contributed by atoms with Crippen LogP contribution in [0.3, 0.4) is 0 Å². The average Bonchev–Trinajstić information content (AvgIpc) is 3.42. The number of carbonyl (C=O) groups is 1. The van der Waals surface area contributed by atoms with Crippen LogP contribution >= 0.6 is 22.7 Å². The molecule has 1 aliphatic carbocycles. The number of amides is 1. The van der Waals surface area contributed by atoms with E-state index in [2.05, 4.69) is 10.1 Å². The minimum absolute atomic E-state index is 0.0674. The van der Waals surface area contributed by atoms with Crippen molar-refractivity contribution >= 4 is 28.6 Å². The molecular formula is C18H19N3O2S2. The summed E-state index contributed by atoms with van der Waals surface area (Å²) < 4.78 is 5.43. The molecule has 0 atom stereocenters. The van der Waals surface area contributed by atoms with Crippen molar-refractivity contribution in [3.05, 3.63) is 45.8 Å². The molecule has 0 N–H and O–H groups in total. The van der Waals surface area contributed by atoms with Gasteiger partial charge in [0.25, 0.3) is 5.91 Å². The smallest absolute Gasteiger partial charge is 0.264 e. The number of hydrogen-bond donors (Lipinski definition) is 0. The highest BCUT2D eigenvalue weighted by Gasteiger charge is 2.28. The summed E-state index contributed by atoms with van der Waals surface area (Å²) in [7, 11) is 0. The summed E-state index contributed by atoms with van der Waals surface area (Å²) in [6.07, 6.45) is 5.68. The van der Waals surface area contributed by atoms with E-state index in [9.17, 15) is 4.79 Å². The van der Waals surface area contributed by atoms with E-state index in [1.807, 2.05) is 39.9 Å². The first kappa shape index (κ1) is 16.5. The minimum atomic E-state index is 0.0674. The third-order valence-electron chi connectivity index (χ3n) is 4.52. The molecule has 1 fully saturated rings. The van der Waals surface area contributed by atoms with Crippen LogP contribution in [0.4, 0.5) is 0 Å². The molecule has 4 rings (SSSR count). The van der Waals surface area contributed by atoms with Gasteiger partial charge in [0.2, 0.25) is 11.7 Å². The number of nitrogens with zero attached hydrogens (tertiary/aromatic N) is 3. The van der Waals surface area contributed by atoms with E-state index in [4.69, 9.17) is 4.52 Å². The van der Waals surface area contributed by atoms with Crippen molar-refractivity contribution in [1.82, 2.24) is 15.0 Å². The normalized spacial score (nSPS) is 15.4. The van der Waals surface area contributed by atoms with Gasteiger partial charge in [0.1, 0.15) is 6.54 Å². The molecular weight excluding hydrogens is 354 g/mol. The first-order valence-electron chi connectivity index (χ1n) is 8.52. The summed E-state index contributed by atoms with van der Waals surface area (Å²) in [6, 6.07) is 7.98. The Hall–Kier alpha value is -1.99. The van der Waals surface area contributed by atoms with Crippen molar-refractivity contribution < 1.29 is 9.32 Å². The molecule has 3 aromatic heterocycles. The first-order chi connectivity index (χ1) is 12.3. The molecule has 7 heteroatoms. The van der Waals surface area contributed by atoms with E-state index in [-0.39, 0.29) is 11.9 Å². The van der Waals surface area contributed by atoms with E-state index in [1.54, 1.807) is 11.3 Å². The van der Waals surface area contributed by atoms with Crippen LogP contribution in [0.15, 0.2) is 39.5 Å². The highest BCUT2D eigenvalue weighted by Crippen LogP contribution is 2.27. The Balaban J connectivity index is 1.56. The molecule has 0 aromatic carbocycles. The molecule has 25 heavy (non-hydrogen) atoms. The van der Waals surface area contributed by atoms with Gasteiger partial charge in [0.15, 0.2) is 0 Å². The predicted octanol–water partition coefficient (Wildman–Crippen LogP) is 4.83. The summed E-state index contributed by atoms with van der Waals surface area (Å²) >= 11 is 3.06. The molecule has 130 valence electrons. The standard InChI is InChI=1S/C18H19N3O2S2/c22-18(15-9-5-11-25-15)21(13-6-2-1-3-7-13)12-16-19-17(20-23-16)14-8-4-10-24-14/h4-5,8-11,13H,1-3,6-7,12H2. The summed E-state index contributed by atoms with van der Waals surface area (Å²) in [5.74, 6) is 1.16. The Labute approximate surface area is 154 Å². The second kappa shape index (κ2) is 7.49. The van der Waals surface area contributed by atoms with Crippen LogP contribution in [0, 0.1) is 0 Å². The molecule has 1 amide bonds. The number of hydrogen-bond acceptors (Lipinski definition) is 6. The second-order valence-electron chi connectivity index (χ2n) is 6.19. The molecule has 1 aliphatic rings. The number of aromatic nitrogens is 2. The number of thiophene rings is 2. The van der Waals surface area contributed by atoms with Gasteiger partial charge in [-0.2, -0.15) is 4.98 Å².